The molecule has 0 saturated heterocycles. The molecule has 2 aromatic carbocycles. The summed E-state index contributed by atoms with van der Waals surface area (Å²) >= 11 is 10.7. The fourth-order valence-corrected chi connectivity index (χ4v) is 3.43. The van der Waals surface area contributed by atoms with Crippen LogP contribution in [0.4, 0.5) is 5.69 Å². The summed E-state index contributed by atoms with van der Waals surface area (Å²) in [6, 6.07) is 13.3. The lowest BCUT2D eigenvalue weighted by atomic mass is 10.2. The van der Waals surface area contributed by atoms with Gasteiger partial charge in [0.1, 0.15) is 5.75 Å². The lowest BCUT2D eigenvalue weighted by Gasteiger charge is -2.12. The number of thiocarbonyl (C=S) groups is 1. The van der Waals surface area contributed by atoms with Crippen molar-refractivity contribution in [1.29, 1.82) is 0 Å². The molecule has 7 heteroatoms. The van der Waals surface area contributed by atoms with Crippen LogP contribution in [0.15, 0.2) is 46.9 Å². The second-order valence-electron chi connectivity index (χ2n) is 4.68. The molecule has 0 aromatic heterocycles. The van der Waals surface area contributed by atoms with Crippen LogP contribution in [0.3, 0.4) is 0 Å². The Morgan fingerprint density at radius 1 is 1.30 bits per heavy atom. The average Bonchev–Trinajstić information content (AvgIpc) is 2.49. The summed E-state index contributed by atoms with van der Waals surface area (Å²) in [6.45, 7) is 1.83. The van der Waals surface area contributed by atoms with Gasteiger partial charge in [-0.3, -0.25) is 10.1 Å². The number of aryl methyl sites for hydroxylation is 1. The van der Waals surface area contributed by atoms with Gasteiger partial charge < -0.3 is 10.1 Å². The van der Waals surface area contributed by atoms with E-state index in [1.165, 1.54) is 0 Å². The Labute approximate surface area is 162 Å². The van der Waals surface area contributed by atoms with Crippen molar-refractivity contribution in [3.63, 3.8) is 0 Å². The summed E-state index contributed by atoms with van der Waals surface area (Å²) in [6.07, 6.45) is 0. The van der Waals surface area contributed by atoms with Crippen LogP contribution in [0, 0.1) is 10.5 Å². The minimum Gasteiger partial charge on any atom is -0.483 e. The van der Waals surface area contributed by atoms with Gasteiger partial charge in [0, 0.05) is 8.04 Å². The smallest absolute Gasteiger partial charge is 0.264 e. The van der Waals surface area contributed by atoms with E-state index in [-0.39, 0.29) is 17.6 Å². The first-order valence-corrected chi connectivity index (χ1v) is 8.98. The molecule has 0 aliphatic rings. The van der Waals surface area contributed by atoms with Crippen molar-refractivity contribution in [3.8, 4) is 5.75 Å². The summed E-state index contributed by atoms with van der Waals surface area (Å²) < 4.78 is 7.45. The van der Waals surface area contributed by atoms with E-state index in [2.05, 4.69) is 49.2 Å². The number of carbonyl (C=O) groups excluding carboxylic acids is 1. The number of hydrogen-bond acceptors (Lipinski definition) is 3. The molecule has 0 atom stereocenters. The maximum Gasteiger partial charge on any atom is 0.264 e. The second kappa shape index (κ2) is 8.60. The van der Waals surface area contributed by atoms with Crippen LogP contribution < -0.4 is 15.4 Å². The molecule has 1 amide bonds. The number of ether oxygens (including phenoxy) is 1. The highest BCUT2D eigenvalue weighted by Crippen LogP contribution is 2.22. The van der Waals surface area contributed by atoms with Gasteiger partial charge in [0.05, 0.1) is 5.69 Å². The molecule has 0 bridgehead atoms. The molecule has 0 aliphatic heterocycles. The highest BCUT2D eigenvalue weighted by Gasteiger charge is 2.08. The molecule has 120 valence electrons. The first-order valence-electron chi connectivity index (χ1n) is 6.70. The normalized spacial score (nSPS) is 10.0. The second-order valence-corrected chi connectivity index (χ2v) is 7.17. The summed E-state index contributed by atoms with van der Waals surface area (Å²) in [5.74, 6) is 0.377. The van der Waals surface area contributed by atoms with Gasteiger partial charge in [0.2, 0.25) is 0 Å². The number of halogens is 2. The van der Waals surface area contributed by atoms with E-state index in [1.54, 1.807) is 0 Å². The molecule has 23 heavy (non-hydrogen) atoms. The average molecular weight is 505 g/mol. The topological polar surface area (TPSA) is 50.4 Å². The Kier molecular flexibility index (Phi) is 6.79. The molecule has 0 radical (unpaired) electrons. The number of benzene rings is 2. The predicted octanol–water partition coefficient (Wildman–Crippen LogP) is 4.25. The van der Waals surface area contributed by atoms with Gasteiger partial charge in [-0.25, -0.2) is 0 Å². The number of rotatable bonds is 4. The van der Waals surface area contributed by atoms with Gasteiger partial charge in [-0.05, 0) is 71.6 Å². The van der Waals surface area contributed by atoms with E-state index in [4.69, 9.17) is 17.0 Å². The van der Waals surface area contributed by atoms with E-state index in [1.807, 2.05) is 49.4 Å². The van der Waals surface area contributed by atoms with Crippen LogP contribution in [0.2, 0.25) is 0 Å². The Morgan fingerprint density at radius 3 is 2.74 bits per heavy atom. The highest BCUT2D eigenvalue weighted by molar-refractivity contribution is 14.1. The fourth-order valence-electron chi connectivity index (χ4n) is 1.77. The van der Waals surface area contributed by atoms with E-state index >= 15 is 0 Å². The van der Waals surface area contributed by atoms with E-state index < -0.39 is 0 Å². The zero-order valence-electron chi connectivity index (χ0n) is 12.2. The van der Waals surface area contributed by atoms with Crippen LogP contribution in [0.5, 0.6) is 5.75 Å². The van der Waals surface area contributed by atoms with Gasteiger partial charge in [-0.1, -0.05) is 34.1 Å². The Balaban J connectivity index is 1.85. The molecule has 0 heterocycles. The molecule has 4 nitrogen and oxygen atoms in total. The van der Waals surface area contributed by atoms with Crippen molar-refractivity contribution in [1.82, 2.24) is 5.32 Å². The Bertz CT molecular complexity index is 740. The first kappa shape index (κ1) is 18.2. The van der Waals surface area contributed by atoms with Crippen molar-refractivity contribution in [2.75, 3.05) is 11.9 Å². The summed E-state index contributed by atoms with van der Waals surface area (Å²) in [5, 5.41) is 5.83. The van der Waals surface area contributed by atoms with Crippen LogP contribution >= 0.6 is 50.7 Å². The third-order valence-electron chi connectivity index (χ3n) is 2.88. The molecular formula is C16H14BrIN2O2S. The van der Waals surface area contributed by atoms with Crippen LogP contribution in [0.25, 0.3) is 0 Å². The standard InChI is InChI=1S/C16H14BrIN2O2S/c1-10-4-2-3-5-14(10)22-9-15(21)20-16(23)19-13-7-6-11(17)8-12(13)18/h2-8H,9H2,1H3,(H2,19,20,21,23). The molecular weight excluding hydrogens is 491 g/mol. The minimum atomic E-state index is -0.308. The van der Waals surface area contributed by atoms with E-state index in [0.717, 1.165) is 19.3 Å². The van der Waals surface area contributed by atoms with Gasteiger partial charge in [0.15, 0.2) is 11.7 Å². The molecule has 2 rings (SSSR count). The van der Waals surface area contributed by atoms with Crippen LogP contribution in [-0.2, 0) is 4.79 Å². The number of anilines is 1. The highest BCUT2D eigenvalue weighted by atomic mass is 127. The molecule has 0 spiro atoms. The monoisotopic (exact) mass is 504 g/mol. The summed E-state index contributed by atoms with van der Waals surface area (Å²) in [5.41, 5.74) is 1.81. The summed E-state index contributed by atoms with van der Waals surface area (Å²) in [4.78, 5) is 11.9. The Morgan fingerprint density at radius 2 is 2.04 bits per heavy atom. The SMILES string of the molecule is Cc1ccccc1OCC(=O)NC(=S)Nc1ccc(Br)cc1I. The van der Waals surface area contributed by atoms with Crippen molar-refractivity contribution >= 4 is 67.4 Å². The van der Waals surface area contributed by atoms with Crippen molar-refractivity contribution in [2.45, 2.75) is 6.92 Å². The molecule has 0 fully saturated rings. The number of amides is 1. The summed E-state index contributed by atoms with van der Waals surface area (Å²) in [7, 11) is 0. The van der Waals surface area contributed by atoms with Gasteiger partial charge in [0.25, 0.3) is 5.91 Å². The lowest BCUT2D eigenvalue weighted by molar-refractivity contribution is -0.121. The number of hydrogen-bond donors (Lipinski definition) is 2. The molecule has 0 aliphatic carbocycles. The van der Waals surface area contributed by atoms with Crippen LogP contribution in [0.1, 0.15) is 5.56 Å². The number of carbonyl (C=O) groups is 1. The van der Waals surface area contributed by atoms with Gasteiger partial charge in [-0.2, -0.15) is 0 Å². The molecule has 2 N–H and O–H groups in total. The fraction of sp³-hybridized carbons (Fsp3) is 0.125. The minimum absolute atomic E-state index is 0.0932. The zero-order chi connectivity index (χ0) is 16.8. The lowest BCUT2D eigenvalue weighted by Crippen LogP contribution is -2.37. The van der Waals surface area contributed by atoms with Gasteiger partial charge in [-0.15, -0.1) is 0 Å². The van der Waals surface area contributed by atoms with Crippen LogP contribution in [-0.4, -0.2) is 17.6 Å². The van der Waals surface area contributed by atoms with E-state index in [0.29, 0.717) is 5.75 Å². The zero-order valence-corrected chi connectivity index (χ0v) is 16.8. The van der Waals surface area contributed by atoms with Crippen molar-refractivity contribution in [2.24, 2.45) is 0 Å². The number of nitrogens with one attached hydrogen (secondary N) is 2. The predicted molar refractivity (Wildman–Crippen MR) is 108 cm³/mol. The quantitative estimate of drug-likeness (QED) is 0.482. The Hall–Kier alpha value is -1.19. The molecule has 0 unspecified atom stereocenters. The van der Waals surface area contributed by atoms with Crippen molar-refractivity contribution in [3.05, 3.63) is 56.1 Å². The maximum absolute atomic E-state index is 11.9. The first-order chi connectivity index (χ1) is 11.0. The molecule has 2 aromatic rings. The third-order valence-corrected chi connectivity index (χ3v) is 4.47. The van der Waals surface area contributed by atoms with E-state index in [9.17, 15) is 4.79 Å². The maximum atomic E-state index is 11.9. The molecule has 0 saturated carbocycles. The number of para-hydroxylation sites is 1. The third kappa shape index (κ3) is 5.74. The largest absolute Gasteiger partial charge is 0.483 e. The van der Waals surface area contributed by atoms with Gasteiger partial charge >= 0.3 is 0 Å². The van der Waals surface area contributed by atoms with Crippen molar-refractivity contribution < 1.29 is 9.53 Å².